The maximum Gasteiger partial charge on any atom is 0.185 e. The van der Waals surface area contributed by atoms with E-state index in [1.807, 2.05) is 12.1 Å². The third kappa shape index (κ3) is 3.45. The van der Waals surface area contributed by atoms with Crippen LogP contribution >= 0.6 is 0 Å². The van der Waals surface area contributed by atoms with Gasteiger partial charge in [-0.15, -0.1) is 0 Å². The Morgan fingerprint density at radius 1 is 1.14 bits per heavy atom. The van der Waals surface area contributed by atoms with Crippen molar-refractivity contribution in [3.05, 3.63) is 29.8 Å². The number of rotatable bonds is 5. The van der Waals surface area contributed by atoms with Gasteiger partial charge in [0.15, 0.2) is 9.84 Å². The summed E-state index contributed by atoms with van der Waals surface area (Å²) in [5.74, 6) is 0. The van der Waals surface area contributed by atoms with Gasteiger partial charge in [-0.1, -0.05) is 12.1 Å². The molecule has 2 fully saturated rings. The molecule has 0 unspecified atom stereocenters. The zero-order valence-corrected chi connectivity index (χ0v) is 12.9. The molecule has 0 amide bonds. The Labute approximate surface area is 126 Å². The second-order valence-electron chi connectivity index (χ2n) is 5.69. The average Bonchev–Trinajstić information content (AvgIpc) is 2.44. The van der Waals surface area contributed by atoms with Crippen LogP contribution in [-0.2, 0) is 21.0 Å². The second kappa shape index (κ2) is 6.44. The number of ether oxygens (including phenoxy) is 1. The molecular weight excluding hydrogens is 288 g/mol. The maximum atomic E-state index is 12.2. The van der Waals surface area contributed by atoms with Gasteiger partial charge in [-0.3, -0.25) is 0 Å². The SMILES string of the molecule is O=S(=O)(c1ccc(CCN2CCNCC2)cc1)C1COC1. The topological polar surface area (TPSA) is 58.6 Å². The molecule has 0 aromatic heterocycles. The van der Waals surface area contributed by atoms with E-state index >= 15 is 0 Å². The van der Waals surface area contributed by atoms with Crippen molar-refractivity contribution in [2.75, 3.05) is 45.9 Å². The van der Waals surface area contributed by atoms with Gasteiger partial charge in [0.05, 0.1) is 18.1 Å². The number of hydrogen-bond donors (Lipinski definition) is 1. The van der Waals surface area contributed by atoms with Crippen LogP contribution in [0.4, 0.5) is 0 Å². The van der Waals surface area contributed by atoms with E-state index in [1.54, 1.807) is 12.1 Å². The molecule has 1 aromatic rings. The number of sulfone groups is 1. The van der Waals surface area contributed by atoms with Crippen molar-refractivity contribution in [1.29, 1.82) is 0 Å². The standard InChI is InChI=1S/C15H22N2O3S/c18-21(19,15-11-20-12-15)14-3-1-13(2-4-14)5-8-17-9-6-16-7-10-17/h1-4,15-16H,5-12H2. The average molecular weight is 310 g/mol. The van der Waals surface area contributed by atoms with E-state index in [0.29, 0.717) is 18.1 Å². The molecule has 2 heterocycles. The lowest BCUT2D eigenvalue weighted by atomic mass is 10.1. The van der Waals surface area contributed by atoms with E-state index in [2.05, 4.69) is 10.2 Å². The van der Waals surface area contributed by atoms with Gasteiger partial charge in [-0.25, -0.2) is 8.42 Å². The minimum atomic E-state index is -3.20. The lowest BCUT2D eigenvalue weighted by molar-refractivity contribution is 0.0416. The molecule has 2 aliphatic rings. The first-order valence-electron chi connectivity index (χ1n) is 7.50. The molecule has 2 aliphatic heterocycles. The molecule has 0 aliphatic carbocycles. The Bertz CT molecular complexity index is 561. The monoisotopic (exact) mass is 310 g/mol. The highest BCUT2D eigenvalue weighted by molar-refractivity contribution is 7.92. The summed E-state index contributed by atoms with van der Waals surface area (Å²) in [5.41, 5.74) is 1.19. The molecule has 5 nitrogen and oxygen atoms in total. The maximum absolute atomic E-state index is 12.2. The van der Waals surface area contributed by atoms with Crippen molar-refractivity contribution < 1.29 is 13.2 Å². The molecule has 0 atom stereocenters. The summed E-state index contributed by atoms with van der Waals surface area (Å²) >= 11 is 0. The first kappa shape index (κ1) is 15.0. The highest BCUT2D eigenvalue weighted by Gasteiger charge is 2.33. The molecule has 116 valence electrons. The molecule has 0 bridgehead atoms. The Kier molecular flexibility index (Phi) is 4.59. The fraction of sp³-hybridized carbons (Fsp3) is 0.600. The normalized spacial score (nSPS) is 21.1. The van der Waals surface area contributed by atoms with Gasteiger partial charge < -0.3 is 15.0 Å². The summed E-state index contributed by atoms with van der Waals surface area (Å²) in [6, 6.07) is 7.35. The number of piperazine rings is 1. The Morgan fingerprint density at radius 2 is 1.81 bits per heavy atom. The van der Waals surface area contributed by atoms with Crippen molar-refractivity contribution in [1.82, 2.24) is 10.2 Å². The third-order valence-electron chi connectivity index (χ3n) is 4.22. The number of benzene rings is 1. The van der Waals surface area contributed by atoms with Crippen LogP contribution in [0.2, 0.25) is 0 Å². The van der Waals surface area contributed by atoms with Gasteiger partial charge in [-0.05, 0) is 24.1 Å². The zero-order chi connectivity index (χ0) is 14.7. The van der Waals surface area contributed by atoms with Crippen LogP contribution in [0.25, 0.3) is 0 Å². The molecule has 1 N–H and O–H groups in total. The number of hydrogen-bond acceptors (Lipinski definition) is 5. The van der Waals surface area contributed by atoms with Crippen molar-refractivity contribution in [2.45, 2.75) is 16.6 Å². The van der Waals surface area contributed by atoms with Crippen molar-refractivity contribution in [3.8, 4) is 0 Å². The minimum Gasteiger partial charge on any atom is -0.379 e. The van der Waals surface area contributed by atoms with Crippen LogP contribution in [0.15, 0.2) is 29.2 Å². The number of nitrogens with zero attached hydrogens (tertiary/aromatic N) is 1. The summed E-state index contributed by atoms with van der Waals surface area (Å²) in [6.45, 7) is 5.98. The highest BCUT2D eigenvalue weighted by Crippen LogP contribution is 2.21. The largest absolute Gasteiger partial charge is 0.379 e. The van der Waals surface area contributed by atoms with Crippen LogP contribution in [0.5, 0.6) is 0 Å². The van der Waals surface area contributed by atoms with Gasteiger partial charge in [0, 0.05) is 32.7 Å². The summed E-state index contributed by atoms with van der Waals surface area (Å²) in [7, 11) is -3.20. The summed E-state index contributed by atoms with van der Waals surface area (Å²) < 4.78 is 29.5. The van der Waals surface area contributed by atoms with Crippen molar-refractivity contribution in [3.63, 3.8) is 0 Å². The Balaban J connectivity index is 1.58. The molecule has 1 aromatic carbocycles. The van der Waals surface area contributed by atoms with Crippen LogP contribution < -0.4 is 5.32 Å². The summed E-state index contributed by atoms with van der Waals surface area (Å²) in [6.07, 6.45) is 0.965. The van der Waals surface area contributed by atoms with Gasteiger partial charge >= 0.3 is 0 Å². The molecule has 0 radical (unpaired) electrons. The Morgan fingerprint density at radius 3 is 2.38 bits per heavy atom. The Hall–Kier alpha value is -0.950. The molecule has 0 saturated carbocycles. The fourth-order valence-corrected chi connectivity index (χ4v) is 4.10. The smallest absolute Gasteiger partial charge is 0.185 e. The molecule has 6 heteroatoms. The van der Waals surface area contributed by atoms with E-state index in [9.17, 15) is 8.42 Å². The van der Waals surface area contributed by atoms with Crippen LogP contribution in [0, 0.1) is 0 Å². The molecule has 3 rings (SSSR count). The van der Waals surface area contributed by atoms with Gasteiger partial charge in [0.2, 0.25) is 0 Å². The third-order valence-corrected chi connectivity index (χ3v) is 6.30. The van der Waals surface area contributed by atoms with E-state index in [1.165, 1.54) is 5.56 Å². The summed E-state index contributed by atoms with van der Waals surface area (Å²) in [4.78, 5) is 2.86. The van der Waals surface area contributed by atoms with Gasteiger partial charge in [0.25, 0.3) is 0 Å². The fourth-order valence-electron chi connectivity index (χ4n) is 2.65. The first-order valence-corrected chi connectivity index (χ1v) is 9.04. The van der Waals surface area contributed by atoms with Crippen molar-refractivity contribution in [2.24, 2.45) is 0 Å². The zero-order valence-electron chi connectivity index (χ0n) is 12.1. The van der Waals surface area contributed by atoms with Crippen LogP contribution in [-0.4, -0.2) is 64.5 Å². The quantitative estimate of drug-likeness (QED) is 0.848. The molecule has 2 saturated heterocycles. The van der Waals surface area contributed by atoms with E-state index < -0.39 is 9.84 Å². The highest BCUT2D eigenvalue weighted by atomic mass is 32.2. The second-order valence-corrected chi connectivity index (χ2v) is 7.92. The predicted octanol–water partition coefficient (Wildman–Crippen LogP) is 0.307. The summed E-state index contributed by atoms with van der Waals surface area (Å²) in [5, 5.41) is 2.98. The number of nitrogens with one attached hydrogen (secondary N) is 1. The minimum absolute atomic E-state index is 0.326. The van der Waals surface area contributed by atoms with Gasteiger partial charge in [0.1, 0.15) is 5.25 Å². The molecule has 21 heavy (non-hydrogen) atoms. The van der Waals surface area contributed by atoms with E-state index in [4.69, 9.17) is 4.74 Å². The van der Waals surface area contributed by atoms with Gasteiger partial charge in [-0.2, -0.15) is 0 Å². The first-order chi connectivity index (χ1) is 10.2. The predicted molar refractivity (Wildman–Crippen MR) is 81.2 cm³/mol. The molecular formula is C15H22N2O3S. The lowest BCUT2D eigenvalue weighted by Crippen LogP contribution is -2.44. The molecule has 0 spiro atoms. The van der Waals surface area contributed by atoms with E-state index in [0.717, 1.165) is 39.1 Å². The van der Waals surface area contributed by atoms with Crippen molar-refractivity contribution >= 4 is 9.84 Å². The van der Waals surface area contributed by atoms with Crippen LogP contribution in [0.3, 0.4) is 0 Å². The van der Waals surface area contributed by atoms with E-state index in [-0.39, 0.29) is 5.25 Å². The van der Waals surface area contributed by atoms with Crippen LogP contribution in [0.1, 0.15) is 5.56 Å². The lowest BCUT2D eigenvalue weighted by Gasteiger charge is -2.27.